The molecule has 88 valence electrons. The Labute approximate surface area is 97.9 Å². The summed E-state index contributed by atoms with van der Waals surface area (Å²) in [7, 11) is 0. The van der Waals surface area contributed by atoms with Crippen LogP contribution in [0.5, 0.6) is 5.88 Å². The molecule has 0 spiro atoms. The second-order valence-corrected chi connectivity index (χ2v) is 3.56. The van der Waals surface area contributed by atoms with E-state index < -0.39 is 0 Å². The summed E-state index contributed by atoms with van der Waals surface area (Å²) in [6.07, 6.45) is 0. The van der Waals surface area contributed by atoms with Crippen molar-refractivity contribution in [1.29, 1.82) is 0 Å². The molecule has 0 amide bonds. The Balaban J connectivity index is 2.70. The molecule has 2 rings (SSSR count). The predicted octanol–water partition coefficient (Wildman–Crippen LogP) is 0.524. The number of benzene rings is 1. The van der Waals surface area contributed by atoms with E-state index in [0.717, 1.165) is 10.9 Å². The maximum absolute atomic E-state index is 10.0. The Kier molecular flexibility index (Phi) is 2.78. The van der Waals surface area contributed by atoms with Crippen LogP contribution in [-0.2, 0) is 6.54 Å². The zero-order valence-corrected chi connectivity index (χ0v) is 9.46. The molecule has 17 heavy (non-hydrogen) atoms. The van der Waals surface area contributed by atoms with E-state index in [1.165, 1.54) is 0 Å². The molecular formula is C11H14N5O+. The molecule has 5 N–H and O–H groups in total. The molecule has 0 aliphatic rings. The SMILES string of the molecule is CCn1c(O)c(N=NC(N)=[NH2+])c2ccccc21. The van der Waals surface area contributed by atoms with Gasteiger partial charge in [-0.15, -0.1) is 0 Å². The number of hydrogen-bond donors (Lipinski definition) is 3. The first-order valence-corrected chi connectivity index (χ1v) is 5.25. The van der Waals surface area contributed by atoms with Crippen LogP contribution < -0.4 is 11.1 Å². The van der Waals surface area contributed by atoms with Crippen LogP contribution in [0, 0.1) is 0 Å². The fourth-order valence-corrected chi connectivity index (χ4v) is 1.80. The number of fused-ring (bicyclic) bond motifs is 1. The standard InChI is InChI=1S/C11H13N5O/c1-2-16-8-6-4-3-5-7(8)9(10(16)17)14-15-11(12)13/h3-6,17H,2H2,1H3,(H3,12,13)/p+1. The molecule has 0 aliphatic carbocycles. The highest BCUT2D eigenvalue weighted by Gasteiger charge is 2.16. The molecule has 0 saturated heterocycles. The van der Waals surface area contributed by atoms with Gasteiger partial charge in [0.1, 0.15) is 0 Å². The molecule has 0 fully saturated rings. The van der Waals surface area contributed by atoms with Crippen LogP contribution in [0.2, 0.25) is 0 Å². The summed E-state index contributed by atoms with van der Waals surface area (Å²) in [6.45, 7) is 2.58. The van der Waals surface area contributed by atoms with Gasteiger partial charge in [0.2, 0.25) is 5.88 Å². The molecule has 0 unspecified atom stereocenters. The maximum Gasteiger partial charge on any atom is 0.403 e. The molecule has 0 aliphatic heterocycles. The molecule has 0 bridgehead atoms. The second-order valence-electron chi connectivity index (χ2n) is 3.56. The number of guanidine groups is 1. The Morgan fingerprint density at radius 1 is 1.47 bits per heavy atom. The molecule has 0 saturated carbocycles. The van der Waals surface area contributed by atoms with Crippen LogP contribution in [-0.4, -0.2) is 15.6 Å². The highest BCUT2D eigenvalue weighted by molar-refractivity contribution is 5.95. The summed E-state index contributed by atoms with van der Waals surface area (Å²) >= 11 is 0. The summed E-state index contributed by atoms with van der Waals surface area (Å²) in [5.74, 6) is -0.0728. The van der Waals surface area contributed by atoms with Crippen LogP contribution in [0.4, 0.5) is 5.69 Å². The molecule has 2 aromatic rings. The van der Waals surface area contributed by atoms with Gasteiger partial charge in [0.15, 0.2) is 5.69 Å². The minimum absolute atomic E-state index is 0.0682. The first-order chi connectivity index (χ1) is 8.15. The fraction of sp³-hybridized carbons (Fsp3) is 0.182. The van der Waals surface area contributed by atoms with Gasteiger partial charge in [0.25, 0.3) is 0 Å². The van der Waals surface area contributed by atoms with E-state index >= 15 is 0 Å². The summed E-state index contributed by atoms with van der Waals surface area (Å²) in [6, 6.07) is 7.55. The van der Waals surface area contributed by atoms with E-state index in [1.807, 2.05) is 31.2 Å². The maximum atomic E-state index is 10.0. The Morgan fingerprint density at radius 3 is 2.82 bits per heavy atom. The van der Waals surface area contributed by atoms with Crippen molar-refractivity contribution in [3.63, 3.8) is 0 Å². The van der Waals surface area contributed by atoms with E-state index in [9.17, 15) is 5.11 Å². The fourth-order valence-electron chi connectivity index (χ4n) is 1.80. The average Bonchev–Trinajstić information content (AvgIpc) is 2.58. The number of nitrogens with zero attached hydrogens (tertiary/aromatic N) is 3. The zero-order chi connectivity index (χ0) is 12.4. The smallest absolute Gasteiger partial charge is 0.403 e. The minimum Gasteiger partial charge on any atom is -0.493 e. The van der Waals surface area contributed by atoms with Gasteiger partial charge < -0.3 is 9.67 Å². The number of aryl methyl sites for hydroxylation is 1. The van der Waals surface area contributed by atoms with E-state index in [1.54, 1.807) is 4.57 Å². The lowest BCUT2D eigenvalue weighted by molar-refractivity contribution is -0.117. The van der Waals surface area contributed by atoms with Gasteiger partial charge in [-0.05, 0) is 13.0 Å². The third-order valence-electron chi connectivity index (χ3n) is 2.50. The van der Waals surface area contributed by atoms with Crippen molar-refractivity contribution in [1.82, 2.24) is 4.57 Å². The molecule has 6 nitrogen and oxygen atoms in total. The van der Waals surface area contributed by atoms with Gasteiger partial charge >= 0.3 is 5.96 Å². The Bertz CT molecular complexity index is 599. The van der Waals surface area contributed by atoms with Crippen LogP contribution in [0.3, 0.4) is 0 Å². The van der Waals surface area contributed by atoms with Crippen LogP contribution in [0.25, 0.3) is 10.9 Å². The normalized spacial score (nSPS) is 11.4. The number of nitrogens with two attached hydrogens (primary N) is 2. The van der Waals surface area contributed by atoms with Gasteiger partial charge in [0, 0.05) is 17.0 Å². The van der Waals surface area contributed by atoms with Crippen molar-refractivity contribution in [2.24, 2.45) is 16.0 Å². The minimum atomic E-state index is -0.141. The van der Waals surface area contributed by atoms with Gasteiger partial charge in [-0.2, -0.15) is 0 Å². The molecule has 1 heterocycles. The first kappa shape index (κ1) is 11.1. The quantitative estimate of drug-likeness (QED) is 0.399. The van der Waals surface area contributed by atoms with Crippen molar-refractivity contribution in [2.45, 2.75) is 13.5 Å². The third-order valence-corrected chi connectivity index (χ3v) is 2.50. The van der Waals surface area contributed by atoms with E-state index in [4.69, 9.17) is 11.1 Å². The van der Waals surface area contributed by atoms with Crippen molar-refractivity contribution in [3.05, 3.63) is 24.3 Å². The lowest BCUT2D eigenvalue weighted by Gasteiger charge is -2.00. The third kappa shape index (κ3) is 1.84. The highest BCUT2D eigenvalue weighted by Crippen LogP contribution is 2.38. The van der Waals surface area contributed by atoms with Crippen molar-refractivity contribution in [2.75, 3.05) is 0 Å². The largest absolute Gasteiger partial charge is 0.493 e. The Morgan fingerprint density at radius 2 is 2.18 bits per heavy atom. The molecular weight excluding hydrogens is 218 g/mol. The topological polar surface area (TPSA) is 101 Å². The second kappa shape index (κ2) is 4.25. The van der Waals surface area contributed by atoms with E-state index in [-0.39, 0.29) is 11.8 Å². The van der Waals surface area contributed by atoms with Gasteiger partial charge in [-0.1, -0.05) is 23.3 Å². The molecule has 0 radical (unpaired) electrons. The summed E-state index contributed by atoms with van der Waals surface area (Å²) in [5.41, 5.74) is 6.50. The zero-order valence-electron chi connectivity index (χ0n) is 9.46. The molecule has 1 aromatic heterocycles. The number of rotatable bonds is 2. The van der Waals surface area contributed by atoms with Gasteiger partial charge in [-0.3, -0.25) is 11.1 Å². The van der Waals surface area contributed by atoms with E-state index in [2.05, 4.69) is 10.2 Å². The number of aromatic hydroxyl groups is 1. The highest BCUT2D eigenvalue weighted by atomic mass is 16.3. The van der Waals surface area contributed by atoms with Crippen molar-refractivity contribution < 1.29 is 10.5 Å². The molecule has 1 aromatic carbocycles. The van der Waals surface area contributed by atoms with E-state index in [0.29, 0.717) is 12.2 Å². The van der Waals surface area contributed by atoms with Crippen molar-refractivity contribution >= 4 is 22.5 Å². The number of para-hydroxylation sites is 1. The van der Waals surface area contributed by atoms with Gasteiger partial charge in [0.05, 0.1) is 5.52 Å². The summed E-state index contributed by atoms with van der Waals surface area (Å²) < 4.78 is 1.75. The molecule has 0 atom stereocenters. The Hall–Kier alpha value is -2.37. The number of azo groups is 1. The van der Waals surface area contributed by atoms with Crippen LogP contribution >= 0.6 is 0 Å². The molecule has 6 heteroatoms. The lowest BCUT2D eigenvalue weighted by atomic mass is 10.2. The number of aromatic nitrogens is 1. The van der Waals surface area contributed by atoms with Crippen LogP contribution in [0.15, 0.2) is 34.5 Å². The summed E-state index contributed by atoms with van der Waals surface area (Å²) in [5, 5.41) is 23.5. The number of hydrogen-bond acceptors (Lipinski definition) is 2. The van der Waals surface area contributed by atoms with Gasteiger partial charge in [-0.25, -0.2) is 0 Å². The van der Waals surface area contributed by atoms with Crippen molar-refractivity contribution in [3.8, 4) is 5.88 Å². The summed E-state index contributed by atoms with van der Waals surface area (Å²) in [4.78, 5) is 0. The average molecular weight is 232 g/mol. The monoisotopic (exact) mass is 232 g/mol. The lowest BCUT2D eigenvalue weighted by Crippen LogP contribution is -2.43. The first-order valence-electron chi connectivity index (χ1n) is 5.25. The predicted molar refractivity (Wildman–Crippen MR) is 64.9 cm³/mol. The van der Waals surface area contributed by atoms with Crippen LogP contribution in [0.1, 0.15) is 6.92 Å².